The van der Waals surface area contributed by atoms with Crippen LogP contribution in [0.5, 0.6) is 0 Å². The molecule has 1 unspecified atom stereocenters. The highest BCUT2D eigenvalue weighted by Gasteiger charge is 2.24. The van der Waals surface area contributed by atoms with Crippen molar-refractivity contribution in [3.05, 3.63) is 42.1 Å². The average Bonchev–Trinajstić information content (AvgIpc) is 2.78. The zero-order chi connectivity index (χ0) is 13.8. The van der Waals surface area contributed by atoms with Gasteiger partial charge < -0.3 is 5.32 Å². The third-order valence-electron chi connectivity index (χ3n) is 4.68. The van der Waals surface area contributed by atoms with E-state index in [4.69, 9.17) is 0 Å². The molecule has 1 aromatic carbocycles. The number of aromatic nitrogens is 1. The highest BCUT2D eigenvalue weighted by Crippen LogP contribution is 2.35. The molecule has 1 N–H and O–H groups in total. The summed E-state index contributed by atoms with van der Waals surface area (Å²) in [6.45, 7) is 0. The highest BCUT2D eigenvalue weighted by molar-refractivity contribution is 5.82. The first kappa shape index (κ1) is 13.6. The molecule has 1 atom stereocenters. The summed E-state index contributed by atoms with van der Waals surface area (Å²) >= 11 is 0. The topological polar surface area (TPSA) is 24.9 Å². The van der Waals surface area contributed by atoms with Gasteiger partial charge in [0.15, 0.2) is 0 Å². The van der Waals surface area contributed by atoms with Gasteiger partial charge in [0.05, 0.1) is 5.52 Å². The van der Waals surface area contributed by atoms with Crippen molar-refractivity contribution < 1.29 is 0 Å². The lowest BCUT2D eigenvalue weighted by molar-refractivity contribution is 0.343. The molecular formula is C18H24N2. The number of hydrogen-bond acceptors (Lipinski definition) is 2. The first-order valence-corrected chi connectivity index (χ1v) is 7.91. The molecule has 1 aliphatic carbocycles. The van der Waals surface area contributed by atoms with E-state index in [-0.39, 0.29) is 0 Å². The Morgan fingerprint density at radius 3 is 2.55 bits per heavy atom. The fourth-order valence-electron chi connectivity index (χ4n) is 3.67. The summed E-state index contributed by atoms with van der Waals surface area (Å²) in [4.78, 5) is 4.63. The van der Waals surface area contributed by atoms with Gasteiger partial charge in [0.25, 0.3) is 0 Å². The van der Waals surface area contributed by atoms with E-state index in [1.165, 1.54) is 55.0 Å². The zero-order valence-corrected chi connectivity index (χ0v) is 12.3. The van der Waals surface area contributed by atoms with Crippen LogP contribution < -0.4 is 5.32 Å². The van der Waals surface area contributed by atoms with Gasteiger partial charge >= 0.3 is 0 Å². The van der Waals surface area contributed by atoms with Gasteiger partial charge in [-0.25, -0.2) is 0 Å². The van der Waals surface area contributed by atoms with Crippen molar-refractivity contribution in [3.8, 4) is 0 Å². The number of rotatable bonds is 3. The fraction of sp³-hybridized carbons (Fsp3) is 0.500. The lowest BCUT2D eigenvalue weighted by atomic mass is 9.86. The molecule has 0 saturated heterocycles. The van der Waals surface area contributed by atoms with Crippen molar-refractivity contribution in [2.75, 3.05) is 7.05 Å². The number of nitrogens with zero attached hydrogens (tertiary/aromatic N) is 1. The van der Waals surface area contributed by atoms with Crippen LogP contribution in [0.15, 0.2) is 36.5 Å². The minimum absolute atomic E-state index is 0.437. The fourth-order valence-corrected chi connectivity index (χ4v) is 3.67. The minimum Gasteiger partial charge on any atom is -0.313 e. The van der Waals surface area contributed by atoms with E-state index in [0.29, 0.717) is 6.04 Å². The molecule has 0 spiro atoms. The van der Waals surface area contributed by atoms with E-state index in [9.17, 15) is 0 Å². The summed E-state index contributed by atoms with van der Waals surface area (Å²) in [5.41, 5.74) is 2.54. The molecule has 20 heavy (non-hydrogen) atoms. The number of nitrogens with one attached hydrogen (secondary N) is 1. The first-order valence-electron chi connectivity index (χ1n) is 7.91. The summed E-state index contributed by atoms with van der Waals surface area (Å²) in [6.07, 6.45) is 10.2. The van der Waals surface area contributed by atoms with Crippen molar-refractivity contribution in [1.29, 1.82) is 0 Å². The van der Waals surface area contributed by atoms with E-state index >= 15 is 0 Å². The summed E-state index contributed by atoms with van der Waals surface area (Å²) in [5, 5.41) is 4.82. The van der Waals surface area contributed by atoms with E-state index in [1.807, 2.05) is 12.3 Å². The van der Waals surface area contributed by atoms with Crippen LogP contribution in [-0.2, 0) is 0 Å². The second-order valence-corrected chi connectivity index (χ2v) is 5.94. The third-order valence-corrected chi connectivity index (χ3v) is 4.68. The number of pyridine rings is 1. The lowest BCUT2D eigenvalue weighted by Crippen LogP contribution is -2.25. The van der Waals surface area contributed by atoms with Gasteiger partial charge in [-0.3, -0.25) is 4.98 Å². The van der Waals surface area contributed by atoms with Crippen molar-refractivity contribution in [3.63, 3.8) is 0 Å². The zero-order valence-electron chi connectivity index (χ0n) is 12.3. The van der Waals surface area contributed by atoms with Crippen LogP contribution >= 0.6 is 0 Å². The van der Waals surface area contributed by atoms with Crippen LogP contribution in [0.2, 0.25) is 0 Å². The third kappa shape index (κ3) is 2.71. The molecule has 2 nitrogen and oxygen atoms in total. The Morgan fingerprint density at radius 1 is 1.05 bits per heavy atom. The Labute approximate surface area is 121 Å². The largest absolute Gasteiger partial charge is 0.313 e. The first-order chi connectivity index (χ1) is 9.90. The molecule has 2 heteroatoms. The number of para-hydroxylation sites is 1. The Morgan fingerprint density at radius 2 is 1.80 bits per heavy atom. The predicted molar refractivity (Wildman–Crippen MR) is 84.7 cm³/mol. The Hall–Kier alpha value is -1.41. The highest BCUT2D eigenvalue weighted by atomic mass is 14.9. The molecule has 1 saturated carbocycles. The van der Waals surface area contributed by atoms with E-state index in [0.717, 1.165) is 5.92 Å². The van der Waals surface area contributed by atoms with Gasteiger partial charge in [-0.05, 0) is 37.4 Å². The molecule has 3 rings (SSSR count). The molecule has 1 heterocycles. The van der Waals surface area contributed by atoms with Crippen LogP contribution in [0.1, 0.15) is 50.1 Å². The van der Waals surface area contributed by atoms with Gasteiger partial charge in [-0.2, -0.15) is 0 Å². The van der Waals surface area contributed by atoms with Crippen molar-refractivity contribution >= 4 is 10.9 Å². The monoisotopic (exact) mass is 268 g/mol. The molecule has 0 bridgehead atoms. The van der Waals surface area contributed by atoms with Gasteiger partial charge in [-0.1, -0.05) is 49.9 Å². The number of fused-ring (bicyclic) bond motifs is 1. The number of hydrogen-bond donors (Lipinski definition) is 1. The standard InChI is InChI=1S/C18H24N2/c1-19-17(14-8-4-2-3-5-9-14)16-12-6-10-15-11-7-13-20-18(15)16/h6-7,10-14,17,19H,2-5,8-9H2,1H3. The Bertz CT molecular complexity index is 551. The molecule has 1 aliphatic rings. The van der Waals surface area contributed by atoms with Crippen molar-refractivity contribution in [2.24, 2.45) is 5.92 Å². The van der Waals surface area contributed by atoms with E-state index < -0.39 is 0 Å². The average molecular weight is 268 g/mol. The Balaban J connectivity index is 1.98. The molecule has 1 fully saturated rings. The van der Waals surface area contributed by atoms with Crippen molar-refractivity contribution in [1.82, 2.24) is 10.3 Å². The van der Waals surface area contributed by atoms with Crippen LogP contribution in [-0.4, -0.2) is 12.0 Å². The maximum Gasteiger partial charge on any atom is 0.0749 e. The Kier molecular flexibility index (Phi) is 4.31. The number of benzene rings is 1. The molecule has 2 aromatic rings. The molecule has 0 radical (unpaired) electrons. The quantitative estimate of drug-likeness (QED) is 0.831. The predicted octanol–water partition coefficient (Wildman–Crippen LogP) is 4.47. The van der Waals surface area contributed by atoms with E-state index in [2.05, 4.69) is 41.6 Å². The maximum atomic E-state index is 4.63. The normalized spacial score (nSPS) is 18.9. The molecule has 0 aliphatic heterocycles. The van der Waals surface area contributed by atoms with Crippen LogP contribution in [0.25, 0.3) is 10.9 Å². The summed E-state index contributed by atoms with van der Waals surface area (Å²) in [5.74, 6) is 0.745. The smallest absolute Gasteiger partial charge is 0.0749 e. The molecule has 1 aromatic heterocycles. The van der Waals surface area contributed by atoms with Gasteiger partial charge in [0.2, 0.25) is 0 Å². The molecular weight excluding hydrogens is 244 g/mol. The van der Waals surface area contributed by atoms with Crippen LogP contribution in [0.4, 0.5) is 0 Å². The van der Waals surface area contributed by atoms with Crippen LogP contribution in [0.3, 0.4) is 0 Å². The maximum absolute atomic E-state index is 4.63. The second-order valence-electron chi connectivity index (χ2n) is 5.94. The second kappa shape index (κ2) is 6.36. The van der Waals surface area contributed by atoms with Crippen LogP contribution in [0, 0.1) is 5.92 Å². The minimum atomic E-state index is 0.437. The SMILES string of the molecule is CNC(c1cccc2cccnc12)C1CCCCCC1. The van der Waals surface area contributed by atoms with E-state index in [1.54, 1.807) is 0 Å². The van der Waals surface area contributed by atoms with Crippen molar-refractivity contribution in [2.45, 2.75) is 44.6 Å². The van der Waals surface area contributed by atoms with Gasteiger partial charge in [0, 0.05) is 17.6 Å². The lowest BCUT2D eigenvalue weighted by Gasteiger charge is -2.27. The summed E-state index contributed by atoms with van der Waals surface area (Å²) < 4.78 is 0. The van der Waals surface area contributed by atoms with Gasteiger partial charge in [-0.15, -0.1) is 0 Å². The molecule has 106 valence electrons. The van der Waals surface area contributed by atoms with Gasteiger partial charge in [0.1, 0.15) is 0 Å². The summed E-state index contributed by atoms with van der Waals surface area (Å²) in [6, 6.07) is 11.2. The summed E-state index contributed by atoms with van der Waals surface area (Å²) in [7, 11) is 2.09. The molecule has 0 amide bonds.